The number of rotatable bonds is 0. The van der Waals surface area contributed by atoms with Crippen LogP contribution in [0.2, 0.25) is 0 Å². The number of amides is 1. The summed E-state index contributed by atoms with van der Waals surface area (Å²) in [7, 11) is 0. The Morgan fingerprint density at radius 3 is 1.62 bits per heavy atom. The molecule has 0 fully saturated rings. The first-order chi connectivity index (χ1) is 3.46. The molecule has 3 N–H and O–H groups in total. The maximum atomic E-state index is 9.22. The van der Waals surface area contributed by atoms with Crippen LogP contribution in [0.5, 0.6) is 0 Å². The van der Waals surface area contributed by atoms with Crippen LogP contribution in [0.4, 0.5) is 0 Å². The van der Waals surface area contributed by atoms with Crippen molar-refractivity contribution in [3.05, 3.63) is 0 Å². The Hall–Kier alpha value is -0.570. The van der Waals surface area contributed by atoms with E-state index in [0.29, 0.717) is 0 Å². The summed E-state index contributed by atoms with van der Waals surface area (Å²) in [5, 5.41) is 8.06. The van der Waals surface area contributed by atoms with Crippen molar-refractivity contribution in [2.45, 2.75) is 26.9 Å². The number of primary amides is 1. The summed E-state index contributed by atoms with van der Waals surface area (Å²) in [6.45, 7) is 4.75. The summed E-state index contributed by atoms with van der Waals surface area (Å²) < 4.78 is 0. The normalized spacial score (nSPS) is 7.62. The van der Waals surface area contributed by atoms with Crippen LogP contribution in [-0.4, -0.2) is 17.1 Å². The maximum absolute atomic E-state index is 9.22. The van der Waals surface area contributed by atoms with E-state index in [0.717, 1.165) is 0 Å². The van der Waals surface area contributed by atoms with E-state index in [1.807, 2.05) is 0 Å². The van der Waals surface area contributed by atoms with Gasteiger partial charge in [0.25, 0.3) is 0 Å². The van der Waals surface area contributed by atoms with Crippen LogP contribution >= 0.6 is 0 Å². The first kappa shape index (κ1) is 10.4. The number of carbonyl (C=O) groups is 1. The summed E-state index contributed by atoms with van der Waals surface area (Å²) >= 11 is 0. The fourth-order valence-electron chi connectivity index (χ4n) is 0. The summed E-state index contributed by atoms with van der Waals surface area (Å²) in [6.07, 6.45) is -0.167. The van der Waals surface area contributed by atoms with Gasteiger partial charge in [-0.05, 0) is 13.8 Å². The molecule has 0 saturated heterocycles. The van der Waals surface area contributed by atoms with Crippen molar-refractivity contribution in [1.82, 2.24) is 0 Å². The van der Waals surface area contributed by atoms with E-state index < -0.39 is 0 Å². The monoisotopic (exact) mass is 119 g/mol. The molecule has 0 aliphatic rings. The van der Waals surface area contributed by atoms with E-state index in [1.54, 1.807) is 13.8 Å². The van der Waals surface area contributed by atoms with E-state index >= 15 is 0 Å². The fraction of sp³-hybridized carbons (Fsp3) is 0.800. The quantitative estimate of drug-likeness (QED) is 0.467. The average molecular weight is 119 g/mol. The molecule has 0 aromatic rings. The highest BCUT2D eigenvalue weighted by molar-refractivity contribution is 5.70. The van der Waals surface area contributed by atoms with Gasteiger partial charge in [0, 0.05) is 13.0 Å². The molecule has 0 radical (unpaired) electrons. The van der Waals surface area contributed by atoms with Gasteiger partial charge in [0.15, 0.2) is 0 Å². The van der Waals surface area contributed by atoms with Gasteiger partial charge in [0.05, 0.1) is 0 Å². The second-order valence-corrected chi connectivity index (χ2v) is 1.70. The van der Waals surface area contributed by atoms with Crippen LogP contribution in [0, 0.1) is 0 Å². The third-order valence-electron chi connectivity index (χ3n) is 0. The SMILES string of the molecule is CC(C)O.CC(N)=O. The molecule has 0 aromatic heterocycles. The number of carbonyl (C=O) groups excluding carboxylic acids is 1. The zero-order valence-electron chi connectivity index (χ0n) is 5.51. The zero-order valence-corrected chi connectivity index (χ0v) is 5.51. The molecule has 3 nitrogen and oxygen atoms in total. The molecule has 0 rings (SSSR count). The maximum Gasteiger partial charge on any atom is 0.214 e. The topological polar surface area (TPSA) is 63.3 Å². The minimum absolute atomic E-state index is 0.167. The van der Waals surface area contributed by atoms with Gasteiger partial charge >= 0.3 is 0 Å². The lowest BCUT2D eigenvalue weighted by Crippen LogP contribution is -2.01. The zero-order chi connectivity index (χ0) is 7.15. The van der Waals surface area contributed by atoms with Gasteiger partial charge in [-0.15, -0.1) is 0 Å². The summed E-state index contributed by atoms with van der Waals surface area (Å²) in [5.74, 6) is -0.333. The lowest BCUT2D eigenvalue weighted by Gasteiger charge is -1.80. The average Bonchev–Trinajstić information content (AvgIpc) is 1.25. The molecule has 0 aliphatic carbocycles. The van der Waals surface area contributed by atoms with Crippen molar-refractivity contribution in [1.29, 1.82) is 0 Å². The smallest absolute Gasteiger partial charge is 0.214 e. The van der Waals surface area contributed by atoms with Crippen LogP contribution < -0.4 is 5.73 Å². The van der Waals surface area contributed by atoms with Gasteiger partial charge in [0.2, 0.25) is 5.91 Å². The van der Waals surface area contributed by atoms with Gasteiger partial charge in [-0.1, -0.05) is 0 Å². The van der Waals surface area contributed by atoms with Crippen molar-refractivity contribution in [2.75, 3.05) is 0 Å². The Morgan fingerprint density at radius 1 is 1.62 bits per heavy atom. The number of aliphatic hydroxyl groups excluding tert-OH is 1. The molecule has 0 saturated carbocycles. The predicted molar refractivity (Wildman–Crippen MR) is 32.2 cm³/mol. The van der Waals surface area contributed by atoms with Gasteiger partial charge in [-0.25, -0.2) is 0 Å². The molecule has 1 amide bonds. The highest BCUT2D eigenvalue weighted by Gasteiger charge is 1.69. The highest BCUT2D eigenvalue weighted by atomic mass is 16.3. The molecule has 0 aromatic carbocycles. The van der Waals surface area contributed by atoms with Gasteiger partial charge in [0.1, 0.15) is 0 Å². The van der Waals surface area contributed by atoms with Crippen molar-refractivity contribution < 1.29 is 9.90 Å². The van der Waals surface area contributed by atoms with Crippen molar-refractivity contribution in [3.63, 3.8) is 0 Å². The lowest BCUT2D eigenvalue weighted by molar-refractivity contribution is -0.115. The number of hydrogen-bond acceptors (Lipinski definition) is 2. The van der Waals surface area contributed by atoms with Crippen LogP contribution in [0.1, 0.15) is 20.8 Å². The van der Waals surface area contributed by atoms with Crippen LogP contribution in [0.15, 0.2) is 0 Å². The molecule has 0 heterocycles. The molecule has 0 atom stereocenters. The second-order valence-electron chi connectivity index (χ2n) is 1.70. The lowest BCUT2D eigenvalue weighted by atomic mass is 10.5. The molecule has 8 heavy (non-hydrogen) atoms. The summed E-state index contributed by atoms with van der Waals surface area (Å²) in [6, 6.07) is 0. The minimum atomic E-state index is -0.333. The number of hydrogen-bond donors (Lipinski definition) is 2. The van der Waals surface area contributed by atoms with Crippen LogP contribution in [0.25, 0.3) is 0 Å². The third kappa shape index (κ3) is 328. The van der Waals surface area contributed by atoms with Crippen LogP contribution in [-0.2, 0) is 4.79 Å². The Morgan fingerprint density at radius 2 is 1.62 bits per heavy atom. The Labute approximate surface area is 49.5 Å². The molecule has 50 valence electrons. The van der Waals surface area contributed by atoms with E-state index in [2.05, 4.69) is 5.73 Å². The van der Waals surface area contributed by atoms with E-state index in [9.17, 15) is 4.79 Å². The van der Waals surface area contributed by atoms with Gasteiger partial charge in [-0.3, -0.25) is 4.79 Å². The first-order valence-electron chi connectivity index (χ1n) is 2.41. The largest absolute Gasteiger partial charge is 0.394 e. The van der Waals surface area contributed by atoms with E-state index in [1.165, 1.54) is 6.92 Å². The van der Waals surface area contributed by atoms with E-state index in [4.69, 9.17) is 5.11 Å². The predicted octanol–water partition coefficient (Wildman–Crippen LogP) is -0.121. The third-order valence-corrected chi connectivity index (χ3v) is 0. The number of nitrogens with two attached hydrogens (primary N) is 1. The molecule has 0 unspecified atom stereocenters. The Bertz CT molecular complexity index is 54.7. The standard InChI is InChI=1S/C3H8O.C2H5NO/c1-3(2)4;1-2(3)4/h3-4H,1-2H3;1H3,(H2,3,4). The number of aliphatic hydroxyl groups is 1. The summed E-state index contributed by atoms with van der Waals surface area (Å²) in [5.41, 5.74) is 4.47. The Kier molecular flexibility index (Phi) is 8.37. The first-order valence-corrected chi connectivity index (χ1v) is 2.41. The fourth-order valence-corrected chi connectivity index (χ4v) is 0. The minimum Gasteiger partial charge on any atom is -0.394 e. The molecule has 0 bridgehead atoms. The van der Waals surface area contributed by atoms with E-state index in [-0.39, 0.29) is 12.0 Å². The molecule has 0 aliphatic heterocycles. The van der Waals surface area contributed by atoms with Crippen molar-refractivity contribution in [3.8, 4) is 0 Å². The highest BCUT2D eigenvalue weighted by Crippen LogP contribution is 1.65. The second kappa shape index (κ2) is 6.43. The molecular weight excluding hydrogens is 106 g/mol. The van der Waals surface area contributed by atoms with Gasteiger partial charge < -0.3 is 10.8 Å². The molecular formula is C5H13NO2. The molecule has 3 heteroatoms. The van der Waals surface area contributed by atoms with Crippen molar-refractivity contribution >= 4 is 5.91 Å². The Balaban J connectivity index is 0. The van der Waals surface area contributed by atoms with Crippen LogP contribution in [0.3, 0.4) is 0 Å². The van der Waals surface area contributed by atoms with Gasteiger partial charge in [-0.2, -0.15) is 0 Å². The van der Waals surface area contributed by atoms with Crippen molar-refractivity contribution in [2.24, 2.45) is 5.73 Å². The molecule has 0 spiro atoms. The summed E-state index contributed by atoms with van der Waals surface area (Å²) in [4.78, 5) is 9.22.